The number of nitrogens with zero attached hydrogens (tertiary/aromatic N) is 2. The molecule has 2 N–H and O–H groups in total. The number of anilines is 1. The molecule has 132 valence electrons. The smallest absolute Gasteiger partial charge is 0.267 e. The first kappa shape index (κ1) is 17.3. The van der Waals surface area contributed by atoms with Gasteiger partial charge < -0.3 is 15.3 Å². The second kappa shape index (κ2) is 6.11. The number of carbonyl (C=O) groups excluding carboxylic acids is 1. The molecule has 2 bridgehead atoms. The van der Waals surface area contributed by atoms with Gasteiger partial charge in [-0.1, -0.05) is 32.9 Å². The average Bonchev–Trinajstić information content (AvgIpc) is 2.75. The summed E-state index contributed by atoms with van der Waals surface area (Å²) < 4.78 is 0. The summed E-state index contributed by atoms with van der Waals surface area (Å²) in [6.45, 7) is 7.75. The molecule has 0 spiro atoms. The molecule has 1 amide bonds. The molecular formula is C20H25N3O2. The largest absolute Gasteiger partial charge is 0.506 e. The van der Waals surface area contributed by atoms with Crippen LogP contribution in [0.5, 0.6) is 5.75 Å². The first-order chi connectivity index (χ1) is 11.7. The number of nitrogens with one attached hydrogen (secondary N) is 1. The lowest BCUT2D eigenvalue weighted by atomic mass is 9.65. The topological polar surface area (TPSA) is 76.4 Å². The zero-order valence-corrected chi connectivity index (χ0v) is 15.0. The minimum absolute atomic E-state index is 0.0144. The van der Waals surface area contributed by atoms with Crippen LogP contribution in [0, 0.1) is 22.2 Å². The van der Waals surface area contributed by atoms with Gasteiger partial charge >= 0.3 is 0 Å². The number of likely N-dealkylation sites (tertiary alicyclic amines) is 1. The quantitative estimate of drug-likeness (QED) is 0.501. The van der Waals surface area contributed by atoms with Crippen LogP contribution in [0.25, 0.3) is 0 Å². The molecule has 1 aromatic carbocycles. The lowest BCUT2D eigenvalue weighted by molar-refractivity contribution is -0.112. The first-order valence-electron chi connectivity index (χ1n) is 8.68. The monoisotopic (exact) mass is 339 g/mol. The van der Waals surface area contributed by atoms with Crippen LogP contribution >= 0.6 is 0 Å². The number of fused-ring (bicyclic) bond motifs is 2. The first-order valence-corrected chi connectivity index (χ1v) is 8.68. The summed E-state index contributed by atoms with van der Waals surface area (Å²) in [6, 6.07) is 8.88. The van der Waals surface area contributed by atoms with Crippen molar-refractivity contribution in [3.63, 3.8) is 0 Å². The lowest BCUT2D eigenvalue weighted by Crippen LogP contribution is -2.33. The van der Waals surface area contributed by atoms with Gasteiger partial charge in [0, 0.05) is 18.8 Å². The Labute approximate surface area is 148 Å². The highest BCUT2D eigenvalue weighted by molar-refractivity contribution is 6.07. The van der Waals surface area contributed by atoms with Crippen LogP contribution in [0.3, 0.4) is 0 Å². The van der Waals surface area contributed by atoms with Crippen LogP contribution in [0.4, 0.5) is 5.69 Å². The summed E-state index contributed by atoms with van der Waals surface area (Å²) in [7, 11) is 0. The summed E-state index contributed by atoms with van der Waals surface area (Å²) in [5, 5.41) is 21.8. The van der Waals surface area contributed by atoms with E-state index in [2.05, 4.69) is 31.0 Å². The SMILES string of the molecule is CC1(C)CC2CC(C)(CN2/C=C(/C#N)C(=O)Nc2ccccc2O)C1. The summed E-state index contributed by atoms with van der Waals surface area (Å²) in [4.78, 5) is 14.6. The molecule has 0 aromatic heterocycles. The van der Waals surface area contributed by atoms with E-state index in [1.807, 2.05) is 6.07 Å². The maximum absolute atomic E-state index is 12.4. The summed E-state index contributed by atoms with van der Waals surface area (Å²) >= 11 is 0. The molecule has 5 heteroatoms. The Morgan fingerprint density at radius 3 is 2.76 bits per heavy atom. The molecule has 1 saturated carbocycles. The number of rotatable bonds is 3. The van der Waals surface area contributed by atoms with Crippen molar-refractivity contribution < 1.29 is 9.90 Å². The molecule has 2 unspecified atom stereocenters. The number of phenols is 1. The molecule has 3 rings (SSSR count). The average molecular weight is 339 g/mol. The summed E-state index contributed by atoms with van der Waals surface area (Å²) in [5.41, 5.74) is 0.891. The number of benzene rings is 1. The Morgan fingerprint density at radius 2 is 2.08 bits per heavy atom. The van der Waals surface area contributed by atoms with Gasteiger partial charge in [0.2, 0.25) is 0 Å². The maximum Gasteiger partial charge on any atom is 0.267 e. The van der Waals surface area contributed by atoms with Gasteiger partial charge in [0.25, 0.3) is 5.91 Å². The van der Waals surface area contributed by atoms with E-state index in [0.29, 0.717) is 11.7 Å². The third-order valence-corrected chi connectivity index (χ3v) is 5.27. The van der Waals surface area contributed by atoms with Crippen molar-refractivity contribution in [2.24, 2.45) is 10.8 Å². The molecule has 2 fully saturated rings. The third kappa shape index (κ3) is 3.63. The maximum atomic E-state index is 12.4. The van der Waals surface area contributed by atoms with Gasteiger partial charge in [-0.2, -0.15) is 5.26 Å². The van der Waals surface area contributed by atoms with Gasteiger partial charge in [-0.15, -0.1) is 0 Å². The molecule has 0 radical (unpaired) electrons. The molecule has 2 atom stereocenters. The molecule has 25 heavy (non-hydrogen) atoms. The number of phenolic OH excluding ortho intramolecular Hbond substituents is 1. The third-order valence-electron chi connectivity index (χ3n) is 5.27. The predicted octanol–water partition coefficient (Wildman–Crippen LogP) is 3.64. The molecule has 1 aliphatic carbocycles. The Hall–Kier alpha value is -2.48. The highest BCUT2D eigenvalue weighted by atomic mass is 16.3. The fourth-order valence-corrected chi connectivity index (χ4v) is 4.73. The molecule has 2 aliphatic rings. The molecule has 1 heterocycles. The van der Waals surface area contributed by atoms with Crippen LogP contribution in [0.1, 0.15) is 40.0 Å². The Balaban J connectivity index is 1.78. The molecule has 1 aliphatic heterocycles. The lowest BCUT2D eigenvalue weighted by Gasteiger charge is -2.39. The Kier molecular flexibility index (Phi) is 4.24. The van der Waals surface area contributed by atoms with Crippen molar-refractivity contribution in [3.8, 4) is 11.8 Å². The van der Waals surface area contributed by atoms with Crippen LogP contribution in [0.2, 0.25) is 0 Å². The van der Waals surface area contributed by atoms with Crippen molar-refractivity contribution in [1.82, 2.24) is 4.90 Å². The van der Waals surface area contributed by atoms with Crippen LogP contribution in [-0.2, 0) is 4.79 Å². The second-order valence-corrected chi connectivity index (χ2v) is 8.51. The van der Waals surface area contributed by atoms with Gasteiger partial charge in [0.15, 0.2) is 0 Å². The van der Waals surface area contributed by atoms with Gasteiger partial charge in [0.1, 0.15) is 17.4 Å². The van der Waals surface area contributed by atoms with E-state index in [1.165, 1.54) is 6.07 Å². The standard InChI is InChI=1S/C20H25N3O2/c1-19(2)8-15-9-20(3,12-19)13-23(15)11-14(10-21)18(25)22-16-6-4-5-7-17(16)24/h4-7,11,15,24H,8-9,12-13H2,1-3H3,(H,22,25)/b14-11-. The van der Waals surface area contributed by atoms with Crippen LogP contribution < -0.4 is 5.32 Å². The van der Waals surface area contributed by atoms with E-state index >= 15 is 0 Å². The fourth-order valence-electron chi connectivity index (χ4n) is 4.73. The number of hydrogen-bond donors (Lipinski definition) is 2. The van der Waals surface area contributed by atoms with Crippen molar-refractivity contribution >= 4 is 11.6 Å². The van der Waals surface area contributed by atoms with Gasteiger partial charge in [-0.05, 0) is 42.2 Å². The fraction of sp³-hybridized carbons (Fsp3) is 0.500. The van der Waals surface area contributed by atoms with Crippen LogP contribution in [0.15, 0.2) is 36.0 Å². The highest BCUT2D eigenvalue weighted by Gasteiger charge is 2.48. The zero-order valence-electron chi connectivity index (χ0n) is 15.0. The molecule has 5 nitrogen and oxygen atoms in total. The van der Waals surface area contributed by atoms with Gasteiger partial charge in [-0.3, -0.25) is 4.79 Å². The number of hydrogen-bond acceptors (Lipinski definition) is 4. The summed E-state index contributed by atoms with van der Waals surface area (Å²) in [6.07, 6.45) is 5.03. The summed E-state index contributed by atoms with van der Waals surface area (Å²) in [5.74, 6) is -0.505. The Bertz CT molecular complexity index is 762. The van der Waals surface area contributed by atoms with E-state index in [4.69, 9.17) is 0 Å². The zero-order chi connectivity index (χ0) is 18.2. The van der Waals surface area contributed by atoms with E-state index in [1.54, 1.807) is 24.4 Å². The number of carbonyl (C=O) groups is 1. The van der Waals surface area contributed by atoms with Crippen LogP contribution in [-0.4, -0.2) is 28.5 Å². The predicted molar refractivity (Wildman–Crippen MR) is 96.7 cm³/mol. The number of nitriles is 1. The normalized spacial score (nSPS) is 27.7. The number of amides is 1. The number of para-hydroxylation sites is 2. The molecule has 1 aromatic rings. The number of aromatic hydroxyl groups is 1. The van der Waals surface area contributed by atoms with E-state index in [0.717, 1.165) is 25.8 Å². The van der Waals surface area contributed by atoms with Crippen molar-refractivity contribution in [3.05, 3.63) is 36.0 Å². The second-order valence-electron chi connectivity index (χ2n) is 8.51. The minimum atomic E-state index is -0.491. The van der Waals surface area contributed by atoms with Crippen molar-refractivity contribution in [2.75, 3.05) is 11.9 Å². The molecular weight excluding hydrogens is 314 g/mol. The minimum Gasteiger partial charge on any atom is -0.506 e. The van der Waals surface area contributed by atoms with E-state index in [-0.39, 0.29) is 22.2 Å². The van der Waals surface area contributed by atoms with Gasteiger partial charge in [-0.25, -0.2) is 0 Å². The Morgan fingerprint density at radius 1 is 1.36 bits per heavy atom. The van der Waals surface area contributed by atoms with Crippen molar-refractivity contribution in [1.29, 1.82) is 5.26 Å². The van der Waals surface area contributed by atoms with E-state index < -0.39 is 5.91 Å². The van der Waals surface area contributed by atoms with Crippen molar-refractivity contribution in [2.45, 2.75) is 46.1 Å². The molecule has 1 saturated heterocycles. The van der Waals surface area contributed by atoms with Gasteiger partial charge in [0.05, 0.1) is 5.69 Å². The van der Waals surface area contributed by atoms with E-state index in [9.17, 15) is 15.2 Å². The highest BCUT2D eigenvalue weighted by Crippen LogP contribution is 2.52.